The van der Waals surface area contributed by atoms with Crippen LogP contribution < -0.4 is 5.73 Å². The van der Waals surface area contributed by atoms with Crippen LogP contribution in [0.1, 0.15) is 5.56 Å². The fraction of sp³-hybridized carbons (Fsp3) is 0.250. The summed E-state index contributed by atoms with van der Waals surface area (Å²) < 4.78 is 0. The normalized spacial score (nSPS) is 10.0. The second-order valence-corrected chi connectivity index (χ2v) is 2.74. The third-order valence-corrected chi connectivity index (χ3v) is 1.81. The van der Waals surface area contributed by atoms with E-state index in [-0.39, 0.29) is 6.61 Å². The van der Waals surface area contributed by atoms with Crippen molar-refractivity contribution in [1.29, 1.82) is 0 Å². The predicted octanol–water partition coefficient (Wildman–Crippen LogP) is 1.46. The molecule has 0 fully saturated rings. The van der Waals surface area contributed by atoms with Gasteiger partial charge in [0.1, 0.15) is 0 Å². The molecule has 0 saturated carbocycles. The van der Waals surface area contributed by atoms with Gasteiger partial charge in [0.05, 0.1) is 10.7 Å². The topological polar surface area (TPSA) is 46.2 Å². The number of hydrogen-bond donors (Lipinski definition) is 2. The molecular formula is C8H10ClNO. The number of aliphatic hydroxyl groups excluding tert-OH is 1. The van der Waals surface area contributed by atoms with Crippen LogP contribution in [0.25, 0.3) is 0 Å². The van der Waals surface area contributed by atoms with E-state index in [1.165, 1.54) is 0 Å². The van der Waals surface area contributed by atoms with Crippen molar-refractivity contribution >= 4 is 17.3 Å². The van der Waals surface area contributed by atoms with Gasteiger partial charge in [-0.2, -0.15) is 0 Å². The smallest absolute Gasteiger partial charge is 0.0635 e. The molecule has 1 aromatic carbocycles. The molecule has 0 aliphatic carbocycles. The molecule has 3 heteroatoms. The summed E-state index contributed by atoms with van der Waals surface area (Å²) in [7, 11) is 0. The Labute approximate surface area is 70.6 Å². The van der Waals surface area contributed by atoms with Crippen LogP contribution in [0.5, 0.6) is 0 Å². The van der Waals surface area contributed by atoms with E-state index in [4.69, 9.17) is 22.4 Å². The van der Waals surface area contributed by atoms with E-state index in [1.807, 2.05) is 6.07 Å². The number of nitrogens with two attached hydrogens (primary N) is 1. The van der Waals surface area contributed by atoms with Crippen LogP contribution in [0, 0.1) is 0 Å². The van der Waals surface area contributed by atoms with Crippen molar-refractivity contribution in [2.24, 2.45) is 0 Å². The summed E-state index contributed by atoms with van der Waals surface area (Å²) in [5.74, 6) is 0. The van der Waals surface area contributed by atoms with Gasteiger partial charge in [0, 0.05) is 6.61 Å². The van der Waals surface area contributed by atoms with Crippen LogP contribution >= 0.6 is 11.6 Å². The van der Waals surface area contributed by atoms with E-state index in [0.29, 0.717) is 17.1 Å². The minimum Gasteiger partial charge on any atom is -0.398 e. The molecule has 2 nitrogen and oxygen atoms in total. The third-order valence-electron chi connectivity index (χ3n) is 1.46. The molecule has 60 valence electrons. The Hall–Kier alpha value is -0.730. The monoisotopic (exact) mass is 171 g/mol. The van der Waals surface area contributed by atoms with Gasteiger partial charge in [0.2, 0.25) is 0 Å². The Kier molecular flexibility index (Phi) is 2.74. The number of aliphatic hydroxyl groups is 1. The number of anilines is 1. The first-order chi connectivity index (χ1) is 5.24. The summed E-state index contributed by atoms with van der Waals surface area (Å²) in [5, 5.41) is 9.17. The van der Waals surface area contributed by atoms with Crippen molar-refractivity contribution in [3.05, 3.63) is 28.8 Å². The molecule has 0 aliphatic heterocycles. The second-order valence-electron chi connectivity index (χ2n) is 2.33. The van der Waals surface area contributed by atoms with Crippen molar-refractivity contribution < 1.29 is 5.11 Å². The Morgan fingerprint density at radius 3 is 2.73 bits per heavy atom. The molecule has 0 aliphatic rings. The van der Waals surface area contributed by atoms with Crippen LogP contribution in [0.2, 0.25) is 5.02 Å². The van der Waals surface area contributed by atoms with E-state index in [0.717, 1.165) is 5.56 Å². The summed E-state index contributed by atoms with van der Waals surface area (Å²) in [4.78, 5) is 0. The zero-order valence-corrected chi connectivity index (χ0v) is 6.80. The molecule has 0 saturated heterocycles. The zero-order chi connectivity index (χ0) is 8.27. The van der Waals surface area contributed by atoms with E-state index in [2.05, 4.69) is 0 Å². The van der Waals surface area contributed by atoms with Crippen LogP contribution in [-0.4, -0.2) is 11.7 Å². The van der Waals surface area contributed by atoms with Crippen molar-refractivity contribution in [2.45, 2.75) is 6.42 Å². The first-order valence-electron chi connectivity index (χ1n) is 3.39. The van der Waals surface area contributed by atoms with Gasteiger partial charge in [-0.1, -0.05) is 17.7 Å². The average Bonchev–Trinajstić information content (AvgIpc) is 1.98. The minimum absolute atomic E-state index is 0.140. The second kappa shape index (κ2) is 3.60. The molecule has 1 aromatic rings. The van der Waals surface area contributed by atoms with Crippen LogP contribution in [-0.2, 0) is 6.42 Å². The van der Waals surface area contributed by atoms with Gasteiger partial charge in [0.15, 0.2) is 0 Å². The SMILES string of the molecule is Nc1cc(CCO)ccc1Cl. The molecule has 3 N–H and O–H groups in total. The van der Waals surface area contributed by atoms with E-state index in [9.17, 15) is 0 Å². The van der Waals surface area contributed by atoms with Gasteiger partial charge < -0.3 is 10.8 Å². The lowest BCUT2D eigenvalue weighted by Crippen LogP contribution is -1.93. The molecule has 0 atom stereocenters. The summed E-state index contributed by atoms with van der Waals surface area (Å²) in [6.07, 6.45) is 0.626. The Balaban J connectivity index is 2.86. The van der Waals surface area contributed by atoms with Crippen molar-refractivity contribution in [2.75, 3.05) is 12.3 Å². The van der Waals surface area contributed by atoms with Gasteiger partial charge in [-0.3, -0.25) is 0 Å². The lowest BCUT2D eigenvalue weighted by Gasteiger charge is -2.00. The molecule has 0 spiro atoms. The first kappa shape index (κ1) is 8.37. The van der Waals surface area contributed by atoms with Crippen molar-refractivity contribution in [1.82, 2.24) is 0 Å². The predicted molar refractivity (Wildman–Crippen MR) is 46.7 cm³/mol. The Morgan fingerprint density at radius 1 is 1.45 bits per heavy atom. The number of hydrogen-bond acceptors (Lipinski definition) is 2. The van der Waals surface area contributed by atoms with Crippen molar-refractivity contribution in [3.63, 3.8) is 0 Å². The zero-order valence-electron chi connectivity index (χ0n) is 6.05. The largest absolute Gasteiger partial charge is 0.398 e. The molecule has 0 radical (unpaired) electrons. The number of halogens is 1. The molecule has 0 unspecified atom stereocenters. The maximum absolute atomic E-state index is 8.61. The lowest BCUT2D eigenvalue weighted by molar-refractivity contribution is 0.299. The highest BCUT2D eigenvalue weighted by molar-refractivity contribution is 6.33. The molecule has 0 amide bonds. The molecule has 0 heterocycles. The first-order valence-corrected chi connectivity index (χ1v) is 3.76. The highest BCUT2D eigenvalue weighted by Gasteiger charge is 1.96. The summed E-state index contributed by atoms with van der Waals surface area (Å²) >= 11 is 5.69. The number of rotatable bonds is 2. The van der Waals surface area contributed by atoms with Gasteiger partial charge in [-0.15, -0.1) is 0 Å². The van der Waals surface area contributed by atoms with Crippen LogP contribution in [0.15, 0.2) is 18.2 Å². The average molecular weight is 172 g/mol. The number of nitrogen functional groups attached to an aromatic ring is 1. The molecule has 0 bridgehead atoms. The van der Waals surface area contributed by atoms with Gasteiger partial charge in [0.25, 0.3) is 0 Å². The van der Waals surface area contributed by atoms with E-state index < -0.39 is 0 Å². The summed E-state index contributed by atoms with van der Waals surface area (Å²) in [6, 6.07) is 5.37. The van der Waals surface area contributed by atoms with Gasteiger partial charge >= 0.3 is 0 Å². The molecular weight excluding hydrogens is 162 g/mol. The molecule has 1 rings (SSSR count). The quantitative estimate of drug-likeness (QED) is 0.662. The van der Waals surface area contributed by atoms with E-state index >= 15 is 0 Å². The minimum atomic E-state index is 0.140. The standard InChI is InChI=1S/C8H10ClNO/c9-7-2-1-6(3-4-11)5-8(7)10/h1-2,5,11H,3-4,10H2. The maximum atomic E-state index is 8.61. The lowest BCUT2D eigenvalue weighted by atomic mass is 10.1. The highest BCUT2D eigenvalue weighted by Crippen LogP contribution is 2.19. The third kappa shape index (κ3) is 2.10. The Morgan fingerprint density at radius 2 is 2.18 bits per heavy atom. The molecule has 11 heavy (non-hydrogen) atoms. The fourth-order valence-electron chi connectivity index (χ4n) is 0.878. The number of benzene rings is 1. The summed E-state index contributed by atoms with van der Waals surface area (Å²) in [5.41, 5.74) is 7.11. The Bertz CT molecular complexity index is 250. The van der Waals surface area contributed by atoms with Crippen molar-refractivity contribution in [3.8, 4) is 0 Å². The maximum Gasteiger partial charge on any atom is 0.0635 e. The van der Waals surface area contributed by atoms with Crippen LogP contribution in [0.3, 0.4) is 0 Å². The van der Waals surface area contributed by atoms with Gasteiger partial charge in [-0.25, -0.2) is 0 Å². The van der Waals surface area contributed by atoms with Crippen LogP contribution in [0.4, 0.5) is 5.69 Å². The van der Waals surface area contributed by atoms with E-state index in [1.54, 1.807) is 12.1 Å². The fourth-order valence-corrected chi connectivity index (χ4v) is 0.995. The summed E-state index contributed by atoms with van der Waals surface area (Å²) in [6.45, 7) is 0.140. The highest BCUT2D eigenvalue weighted by atomic mass is 35.5. The molecule has 0 aromatic heterocycles. The van der Waals surface area contributed by atoms with Gasteiger partial charge in [-0.05, 0) is 24.1 Å².